The molecule has 26 heavy (non-hydrogen) atoms. The van der Waals surface area contributed by atoms with E-state index in [1.807, 2.05) is 36.4 Å². The fourth-order valence-electron chi connectivity index (χ4n) is 3.07. The lowest BCUT2D eigenvalue weighted by atomic mass is 10.1. The zero-order valence-electron chi connectivity index (χ0n) is 13.9. The van der Waals surface area contributed by atoms with Gasteiger partial charge >= 0.3 is 0 Å². The Morgan fingerprint density at radius 3 is 2.15 bits per heavy atom. The van der Waals surface area contributed by atoms with Crippen molar-refractivity contribution in [3.05, 3.63) is 90.5 Å². The molecule has 1 N–H and O–H groups in total. The van der Waals surface area contributed by atoms with Crippen LogP contribution in [0.1, 0.15) is 5.56 Å². The van der Waals surface area contributed by atoms with Crippen molar-refractivity contribution in [2.24, 2.45) is 0 Å². The molecule has 0 unspecified atom stereocenters. The molecular formula is C21H17NO3S. The van der Waals surface area contributed by atoms with E-state index in [1.54, 1.807) is 48.5 Å². The monoisotopic (exact) mass is 363 g/mol. The molecule has 0 aliphatic rings. The first kappa shape index (κ1) is 16.6. The second kappa shape index (κ2) is 6.44. The molecule has 0 fully saturated rings. The Kier molecular flexibility index (Phi) is 4.11. The van der Waals surface area contributed by atoms with Gasteiger partial charge in [0, 0.05) is 5.39 Å². The molecule has 5 heteroatoms. The van der Waals surface area contributed by atoms with E-state index in [2.05, 4.69) is 0 Å². The Morgan fingerprint density at radius 1 is 0.808 bits per heavy atom. The van der Waals surface area contributed by atoms with Gasteiger partial charge in [-0.2, -0.15) is 0 Å². The average molecular weight is 363 g/mol. The number of rotatable bonds is 4. The molecule has 0 saturated carbocycles. The van der Waals surface area contributed by atoms with Crippen molar-refractivity contribution in [1.82, 2.24) is 3.97 Å². The summed E-state index contributed by atoms with van der Waals surface area (Å²) in [7, 11) is -3.75. The highest BCUT2D eigenvalue weighted by molar-refractivity contribution is 7.90. The lowest BCUT2D eigenvalue weighted by Gasteiger charge is -2.12. The van der Waals surface area contributed by atoms with Crippen LogP contribution in [-0.4, -0.2) is 17.5 Å². The van der Waals surface area contributed by atoms with Crippen LogP contribution in [0.25, 0.3) is 22.2 Å². The molecule has 0 radical (unpaired) electrons. The summed E-state index contributed by atoms with van der Waals surface area (Å²) in [6.45, 7) is -0.0500. The molecule has 0 atom stereocenters. The minimum Gasteiger partial charge on any atom is -0.392 e. The van der Waals surface area contributed by atoms with Gasteiger partial charge in [-0.1, -0.05) is 60.7 Å². The Labute approximate surface area is 152 Å². The molecule has 0 aliphatic heterocycles. The van der Waals surface area contributed by atoms with Gasteiger partial charge in [-0.15, -0.1) is 0 Å². The molecule has 0 bridgehead atoms. The number of aliphatic hydroxyl groups is 1. The normalized spacial score (nSPS) is 11.7. The van der Waals surface area contributed by atoms with Gasteiger partial charge in [0.15, 0.2) is 0 Å². The Balaban J connectivity index is 2.01. The first-order chi connectivity index (χ1) is 12.6. The molecule has 4 rings (SSSR count). The highest BCUT2D eigenvalue weighted by Crippen LogP contribution is 2.32. The lowest BCUT2D eigenvalue weighted by molar-refractivity contribution is 0.282. The summed E-state index contributed by atoms with van der Waals surface area (Å²) in [5.74, 6) is 0. The number of nitrogens with zero attached hydrogens (tertiary/aromatic N) is 1. The number of benzene rings is 3. The third-order valence-corrected chi connectivity index (χ3v) is 6.12. The van der Waals surface area contributed by atoms with E-state index in [-0.39, 0.29) is 11.5 Å². The third kappa shape index (κ3) is 2.71. The van der Waals surface area contributed by atoms with Crippen molar-refractivity contribution >= 4 is 20.9 Å². The van der Waals surface area contributed by atoms with E-state index in [1.165, 1.54) is 3.97 Å². The van der Waals surface area contributed by atoms with Crippen molar-refractivity contribution in [3.8, 4) is 11.3 Å². The molecule has 130 valence electrons. The summed E-state index contributed by atoms with van der Waals surface area (Å²) in [6, 6.07) is 25.0. The maximum absolute atomic E-state index is 13.3. The van der Waals surface area contributed by atoms with Crippen molar-refractivity contribution in [1.29, 1.82) is 0 Å². The molecule has 1 aromatic heterocycles. The summed E-state index contributed by atoms with van der Waals surface area (Å²) in [4.78, 5) is 0.245. The van der Waals surface area contributed by atoms with Crippen LogP contribution in [-0.2, 0) is 16.6 Å². The van der Waals surface area contributed by atoms with Crippen LogP contribution in [0, 0.1) is 0 Å². The molecule has 0 aliphatic carbocycles. The molecule has 0 spiro atoms. The summed E-state index contributed by atoms with van der Waals surface area (Å²) >= 11 is 0. The summed E-state index contributed by atoms with van der Waals surface area (Å²) in [6.07, 6.45) is 0. The van der Waals surface area contributed by atoms with E-state index < -0.39 is 10.0 Å². The topological polar surface area (TPSA) is 59.3 Å². The fourth-order valence-corrected chi connectivity index (χ4v) is 4.62. The Bertz CT molecular complexity index is 1160. The molecule has 0 saturated heterocycles. The second-order valence-electron chi connectivity index (χ2n) is 6.03. The number of hydrogen-bond acceptors (Lipinski definition) is 3. The van der Waals surface area contributed by atoms with Gasteiger partial charge in [0.25, 0.3) is 10.0 Å². The van der Waals surface area contributed by atoms with Gasteiger partial charge in [-0.3, -0.25) is 0 Å². The minimum absolute atomic E-state index is 0.0500. The van der Waals surface area contributed by atoms with Crippen molar-refractivity contribution < 1.29 is 13.5 Å². The van der Waals surface area contributed by atoms with Crippen LogP contribution in [0.15, 0.2) is 89.8 Å². The smallest absolute Gasteiger partial charge is 0.268 e. The number of aliphatic hydroxyl groups excluding tert-OH is 1. The molecule has 4 nitrogen and oxygen atoms in total. The van der Waals surface area contributed by atoms with E-state index in [4.69, 9.17) is 0 Å². The lowest BCUT2D eigenvalue weighted by Crippen LogP contribution is -2.14. The second-order valence-corrected chi connectivity index (χ2v) is 7.81. The predicted molar refractivity (Wildman–Crippen MR) is 102 cm³/mol. The van der Waals surface area contributed by atoms with Gasteiger partial charge in [0.1, 0.15) is 0 Å². The van der Waals surface area contributed by atoms with Crippen LogP contribution >= 0.6 is 0 Å². The number of para-hydroxylation sites is 1. The third-order valence-electron chi connectivity index (χ3n) is 4.38. The molecule has 3 aromatic carbocycles. The SMILES string of the molecule is O=S(=O)(c1ccccc1)n1c(-c2ccc(CO)cc2)cc2ccccc21. The van der Waals surface area contributed by atoms with Gasteiger partial charge < -0.3 is 5.11 Å². The molecule has 1 heterocycles. The quantitative estimate of drug-likeness (QED) is 0.595. The van der Waals surface area contributed by atoms with Gasteiger partial charge in [0.2, 0.25) is 0 Å². The highest BCUT2D eigenvalue weighted by Gasteiger charge is 2.23. The largest absolute Gasteiger partial charge is 0.392 e. The van der Waals surface area contributed by atoms with E-state index >= 15 is 0 Å². The van der Waals surface area contributed by atoms with Crippen molar-refractivity contribution in [2.45, 2.75) is 11.5 Å². The maximum atomic E-state index is 13.3. The average Bonchev–Trinajstić information content (AvgIpc) is 3.09. The summed E-state index contributed by atoms with van der Waals surface area (Å²) < 4.78 is 28.1. The van der Waals surface area contributed by atoms with Crippen LogP contribution in [0.4, 0.5) is 0 Å². The standard InChI is InChI=1S/C21H17NO3S/c23-15-16-10-12-17(13-11-16)21-14-18-6-4-5-9-20(18)22(21)26(24,25)19-7-2-1-3-8-19/h1-14,23H,15H2. The van der Waals surface area contributed by atoms with Crippen LogP contribution in [0.3, 0.4) is 0 Å². The number of fused-ring (bicyclic) bond motifs is 1. The van der Waals surface area contributed by atoms with Crippen LogP contribution < -0.4 is 0 Å². The van der Waals surface area contributed by atoms with E-state index in [9.17, 15) is 13.5 Å². The first-order valence-electron chi connectivity index (χ1n) is 8.22. The minimum atomic E-state index is -3.75. The summed E-state index contributed by atoms with van der Waals surface area (Å²) in [5, 5.41) is 10.1. The number of hydrogen-bond donors (Lipinski definition) is 1. The zero-order valence-corrected chi connectivity index (χ0v) is 14.7. The first-order valence-corrected chi connectivity index (χ1v) is 9.66. The van der Waals surface area contributed by atoms with Crippen LogP contribution in [0.5, 0.6) is 0 Å². The Hall–Kier alpha value is -2.89. The number of aromatic nitrogens is 1. The fraction of sp³-hybridized carbons (Fsp3) is 0.0476. The summed E-state index contributed by atoms with van der Waals surface area (Å²) in [5.41, 5.74) is 2.79. The maximum Gasteiger partial charge on any atom is 0.268 e. The zero-order chi connectivity index (χ0) is 18.1. The van der Waals surface area contributed by atoms with Crippen molar-refractivity contribution in [2.75, 3.05) is 0 Å². The van der Waals surface area contributed by atoms with Gasteiger partial charge in [0.05, 0.1) is 22.7 Å². The van der Waals surface area contributed by atoms with E-state index in [0.717, 1.165) is 16.5 Å². The van der Waals surface area contributed by atoms with Gasteiger partial charge in [-0.25, -0.2) is 12.4 Å². The Morgan fingerprint density at radius 2 is 1.46 bits per heavy atom. The molecule has 4 aromatic rings. The predicted octanol–water partition coefficient (Wildman–Crippen LogP) is 4.04. The van der Waals surface area contributed by atoms with E-state index in [0.29, 0.717) is 11.2 Å². The molecular weight excluding hydrogens is 346 g/mol. The van der Waals surface area contributed by atoms with Crippen LogP contribution in [0.2, 0.25) is 0 Å². The highest BCUT2D eigenvalue weighted by atomic mass is 32.2. The molecule has 0 amide bonds. The van der Waals surface area contributed by atoms with Crippen molar-refractivity contribution in [3.63, 3.8) is 0 Å². The van der Waals surface area contributed by atoms with Gasteiger partial charge in [-0.05, 0) is 35.4 Å².